The fourth-order valence-electron chi connectivity index (χ4n) is 5.05. The molecule has 0 saturated carbocycles. The van der Waals surface area contributed by atoms with Crippen LogP contribution in [0.15, 0.2) is 46.0 Å². The van der Waals surface area contributed by atoms with E-state index in [-0.39, 0.29) is 0 Å². The lowest BCUT2D eigenvalue weighted by molar-refractivity contribution is -0.189. The third-order valence-corrected chi connectivity index (χ3v) is 9.91. The summed E-state index contributed by atoms with van der Waals surface area (Å²) in [6.07, 6.45) is -4.39. The van der Waals surface area contributed by atoms with Gasteiger partial charge in [-0.25, -0.2) is 9.36 Å². The van der Waals surface area contributed by atoms with Gasteiger partial charge in [0.2, 0.25) is 0 Å². The van der Waals surface area contributed by atoms with Crippen molar-refractivity contribution < 1.29 is 40.1 Å². The maximum atomic E-state index is 11.4. The van der Waals surface area contributed by atoms with E-state index in [2.05, 4.69) is 20.6 Å². The van der Waals surface area contributed by atoms with Crippen LogP contribution >= 0.6 is 34.4 Å². The molecule has 2 saturated heterocycles. The Labute approximate surface area is 245 Å². The molecule has 0 spiro atoms. The van der Waals surface area contributed by atoms with Crippen LogP contribution in [0, 0.1) is 0 Å². The quantitative estimate of drug-likeness (QED) is 0.150. The van der Waals surface area contributed by atoms with Crippen LogP contribution in [0.1, 0.15) is 12.1 Å². The van der Waals surface area contributed by atoms with Crippen molar-refractivity contribution in [2.75, 3.05) is 13.2 Å². The van der Waals surface area contributed by atoms with Gasteiger partial charge in [-0.1, -0.05) is 22.2 Å². The largest absolute Gasteiger partial charge is 0.394 e. The molecular weight excluding hydrogens is 596 g/mol. The van der Waals surface area contributed by atoms with Crippen LogP contribution in [0.2, 0.25) is 0 Å². The van der Waals surface area contributed by atoms with E-state index in [1.807, 2.05) is 33.7 Å². The standard InChI is InChI=1S/C24H28N6O8S3/c31-7-15-19(33)17(29-5-13(25-27-29)11-1-3-39-9-11)21(35)23(37-15)41-24-22(36)18(20(34)16(8-32)38-24)30-6-14(26-28-30)12-2-4-40-10-12/h1-6,9-10,15-24,31-36H,7-8H2/t15-,16?,17?,18+,19?,20+,21-,22?,23+,24+/m1/s1. The van der Waals surface area contributed by atoms with E-state index in [9.17, 15) is 30.6 Å². The van der Waals surface area contributed by atoms with Gasteiger partial charge >= 0.3 is 0 Å². The minimum atomic E-state index is -1.37. The average Bonchev–Trinajstić information content (AvgIpc) is 3.79. The molecule has 41 heavy (non-hydrogen) atoms. The van der Waals surface area contributed by atoms with E-state index < -0.39 is 72.8 Å². The molecule has 17 heteroatoms. The number of ether oxygens (including phenoxy) is 2. The highest BCUT2D eigenvalue weighted by atomic mass is 32.2. The summed E-state index contributed by atoms with van der Waals surface area (Å²) in [5.41, 5.74) is 0.532. The fourth-order valence-corrected chi connectivity index (χ4v) is 7.67. The highest BCUT2D eigenvalue weighted by Gasteiger charge is 2.51. The first-order valence-electron chi connectivity index (χ1n) is 12.7. The number of aromatic nitrogens is 6. The van der Waals surface area contributed by atoms with Gasteiger partial charge in [0.25, 0.3) is 0 Å². The van der Waals surface area contributed by atoms with Crippen LogP contribution in [0.5, 0.6) is 0 Å². The van der Waals surface area contributed by atoms with Crippen molar-refractivity contribution >= 4 is 34.4 Å². The van der Waals surface area contributed by atoms with Crippen molar-refractivity contribution in [2.45, 2.75) is 59.6 Å². The summed E-state index contributed by atoms with van der Waals surface area (Å²) >= 11 is 3.88. The topological polar surface area (TPSA) is 201 Å². The highest BCUT2D eigenvalue weighted by Crippen LogP contribution is 2.42. The molecule has 2 fully saturated rings. The minimum Gasteiger partial charge on any atom is -0.394 e. The molecule has 0 radical (unpaired) electrons. The molecule has 6 rings (SSSR count). The molecule has 14 nitrogen and oxygen atoms in total. The van der Waals surface area contributed by atoms with Crippen LogP contribution in [-0.4, -0.2) is 121 Å². The smallest absolute Gasteiger partial charge is 0.134 e. The molecule has 0 bridgehead atoms. The van der Waals surface area contributed by atoms with Crippen molar-refractivity contribution in [3.63, 3.8) is 0 Å². The zero-order chi connectivity index (χ0) is 28.7. The molecule has 0 amide bonds. The van der Waals surface area contributed by atoms with Gasteiger partial charge in [-0.15, -0.1) is 10.2 Å². The maximum Gasteiger partial charge on any atom is 0.134 e. The van der Waals surface area contributed by atoms with E-state index in [1.165, 1.54) is 32.0 Å². The third-order valence-electron chi connectivity index (χ3n) is 7.23. The van der Waals surface area contributed by atoms with Crippen LogP contribution in [-0.2, 0) is 9.47 Å². The number of hydrogen-bond donors (Lipinski definition) is 6. The molecule has 220 valence electrons. The maximum absolute atomic E-state index is 11.4. The van der Waals surface area contributed by atoms with E-state index >= 15 is 0 Å². The molecule has 2 aliphatic rings. The lowest BCUT2D eigenvalue weighted by Gasteiger charge is -2.46. The van der Waals surface area contributed by atoms with Gasteiger partial charge < -0.3 is 40.1 Å². The second kappa shape index (κ2) is 12.1. The van der Waals surface area contributed by atoms with E-state index in [0.717, 1.165) is 22.9 Å². The number of nitrogens with zero attached hydrogens (tertiary/aromatic N) is 6. The molecule has 4 unspecified atom stereocenters. The van der Waals surface area contributed by atoms with Gasteiger partial charge in [-0.2, -0.15) is 22.7 Å². The predicted molar refractivity (Wildman–Crippen MR) is 148 cm³/mol. The van der Waals surface area contributed by atoms with E-state index in [0.29, 0.717) is 11.4 Å². The van der Waals surface area contributed by atoms with Crippen LogP contribution in [0.4, 0.5) is 0 Å². The number of hydrogen-bond acceptors (Lipinski definition) is 15. The number of aliphatic hydroxyl groups is 6. The minimum absolute atomic E-state index is 0.546. The molecule has 0 aliphatic carbocycles. The van der Waals surface area contributed by atoms with E-state index in [4.69, 9.17) is 9.47 Å². The van der Waals surface area contributed by atoms with Gasteiger partial charge in [-0.3, -0.25) is 0 Å². The summed E-state index contributed by atoms with van der Waals surface area (Å²) in [6, 6.07) is 1.65. The van der Waals surface area contributed by atoms with Crippen LogP contribution in [0.3, 0.4) is 0 Å². The monoisotopic (exact) mass is 624 g/mol. The zero-order valence-electron chi connectivity index (χ0n) is 21.2. The summed E-state index contributed by atoms with van der Waals surface area (Å²) < 4.78 is 14.3. The molecule has 4 aromatic heterocycles. The normalized spacial score (nSPS) is 34.2. The highest BCUT2D eigenvalue weighted by molar-refractivity contribution is 8.00. The van der Waals surface area contributed by atoms with Crippen molar-refractivity contribution in [1.29, 1.82) is 0 Å². The molecule has 10 atom stereocenters. The van der Waals surface area contributed by atoms with Crippen LogP contribution < -0.4 is 0 Å². The molecule has 2 aliphatic heterocycles. The molecular formula is C24H28N6O8S3. The Balaban J connectivity index is 1.25. The summed E-state index contributed by atoms with van der Waals surface area (Å²) in [7, 11) is 0. The second-order valence-corrected chi connectivity index (χ2v) is 12.5. The Hall–Kier alpha value is -2.29. The Morgan fingerprint density at radius 2 is 1.15 bits per heavy atom. The lowest BCUT2D eigenvalue weighted by Crippen LogP contribution is -2.58. The first-order chi connectivity index (χ1) is 19.9. The average molecular weight is 625 g/mol. The number of thioether (sulfide) groups is 1. The summed E-state index contributed by atoms with van der Waals surface area (Å²) in [5, 5.41) is 88.6. The Bertz CT molecular complexity index is 1300. The summed E-state index contributed by atoms with van der Waals surface area (Å²) in [5.74, 6) is 0. The zero-order valence-corrected chi connectivity index (χ0v) is 23.7. The first kappa shape index (κ1) is 28.8. The van der Waals surface area contributed by atoms with Crippen molar-refractivity contribution in [2.24, 2.45) is 0 Å². The first-order valence-corrected chi connectivity index (χ1v) is 15.5. The second-order valence-electron chi connectivity index (χ2n) is 9.72. The van der Waals surface area contributed by atoms with E-state index in [1.54, 1.807) is 12.4 Å². The van der Waals surface area contributed by atoms with Crippen molar-refractivity contribution in [3.05, 3.63) is 46.0 Å². The van der Waals surface area contributed by atoms with Gasteiger partial charge in [0.15, 0.2) is 0 Å². The molecule has 6 heterocycles. The number of rotatable bonds is 8. The Kier molecular flexibility index (Phi) is 8.53. The number of aliphatic hydroxyl groups excluding tert-OH is 6. The Morgan fingerprint density at radius 3 is 1.51 bits per heavy atom. The number of thiophene rings is 2. The Morgan fingerprint density at radius 1 is 0.707 bits per heavy atom. The summed E-state index contributed by atoms with van der Waals surface area (Å²) in [4.78, 5) is 0. The molecule has 0 aromatic carbocycles. The van der Waals surface area contributed by atoms with Crippen molar-refractivity contribution in [1.82, 2.24) is 30.0 Å². The molecule has 4 aromatic rings. The van der Waals surface area contributed by atoms with Gasteiger partial charge in [0.1, 0.15) is 71.0 Å². The van der Waals surface area contributed by atoms with Crippen LogP contribution in [0.25, 0.3) is 22.5 Å². The lowest BCUT2D eigenvalue weighted by atomic mass is 9.97. The summed E-state index contributed by atoms with van der Waals surface area (Å²) in [6.45, 7) is -1.10. The van der Waals surface area contributed by atoms with Gasteiger partial charge in [0.05, 0.1) is 25.6 Å². The SMILES string of the molecule is OCC1O[C@@H](S[C@@H]2O[C@H](CO)C(O)C(n3cc(-c4ccsc4)nn3)[C@H]2O)C(O)[C@@H](n2cc(-c3ccsc3)nn2)[C@H]1O. The predicted octanol–water partition coefficient (Wildman–Crippen LogP) is -0.280. The van der Waals surface area contributed by atoms with Gasteiger partial charge in [0, 0.05) is 21.9 Å². The fraction of sp³-hybridized carbons (Fsp3) is 0.500. The van der Waals surface area contributed by atoms with Gasteiger partial charge in [-0.05, 0) is 22.9 Å². The third kappa shape index (κ3) is 5.48. The molecule has 6 N–H and O–H groups in total. The van der Waals surface area contributed by atoms with Crippen molar-refractivity contribution in [3.8, 4) is 22.5 Å².